The van der Waals surface area contributed by atoms with Gasteiger partial charge in [-0.1, -0.05) is 35.8 Å². The lowest BCUT2D eigenvalue weighted by atomic mass is 10.1. The van der Waals surface area contributed by atoms with Crippen LogP contribution in [0.3, 0.4) is 0 Å². The average Bonchev–Trinajstić information content (AvgIpc) is 2.79. The Morgan fingerprint density at radius 1 is 1.17 bits per heavy atom. The fourth-order valence-electron chi connectivity index (χ4n) is 3.77. The SMILES string of the molecule is CC(C)COC(=O)Cn1c2c(c3c(Br)cccc31)CCN(C(=O)OC(C)(C)C)CC2. The Balaban J connectivity index is 1.91. The van der Waals surface area contributed by atoms with Gasteiger partial charge in [-0.3, -0.25) is 4.79 Å². The van der Waals surface area contributed by atoms with Crippen LogP contribution in [0, 0.1) is 5.92 Å². The molecule has 0 fully saturated rings. The van der Waals surface area contributed by atoms with Crippen molar-refractivity contribution in [3.8, 4) is 0 Å². The lowest BCUT2D eigenvalue weighted by Gasteiger charge is -2.26. The molecule has 0 saturated heterocycles. The lowest BCUT2D eigenvalue weighted by Crippen LogP contribution is -2.38. The van der Waals surface area contributed by atoms with Crippen LogP contribution in [-0.2, 0) is 33.7 Å². The van der Waals surface area contributed by atoms with Gasteiger partial charge in [0, 0.05) is 35.1 Å². The second kappa shape index (κ2) is 9.00. The van der Waals surface area contributed by atoms with Crippen LogP contribution in [0.5, 0.6) is 0 Å². The molecule has 0 spiro atoms. The number of benzene rings is 1. The predicted molar refractivity (Wildman–Crippen MR) is 121 cm³/mol. The van der Waals surface area contributed by atoms with Crippen molar-refractivity contribution in [2.45, 2.75) is 59.6 Å². The van der Waals surface area contributed by atoms with E-state index in [1.165, 1.54) is 5.56 Å². The highest BCUT2D eigenvalue weighted by atomic mass is 79.9. The van der Waals surface area contributed by atoms with Crippen molar-refractivity contribution in [2.24, 2.45) is 5.92 Å². The van der Waals surface area contributed by atoms with Crippen LogP contribution in [0.2, 0.25) is 0 Å². The second-order valence-corrected chi connectivity index (χ2v) is 10.0. The third kappa shape index (κ3) is 5.17. The lowest BCUT2D eigenvalue weighted by molar-refractivity contribution is -0.145. The molecule has 30 heavy (non-hydrogen) atoms. The molecule has 1 aromatic carbocycles. The average molecular weight is 479 g/mol. The zero-order valence-corrected chi connectivity index (χ0v) is 20.0. The molecular weight excluding hydrogens is 448 g/mol. The van der Waals surface area contributed by atoms with E-state index in [1.54, 1.807) is 4.90 Å². The van der Waals surface area contributed by atoms with Gasteiger partial charge in [0.15, 0.2) is 0 Å². The number of esters is 1. The maximum absolute atomic E-state index is 12.6. The molecule has 0 radical (unpaired) electrons. The van der Waals surface area contributed by atoms with E-state index in [0.717, 1.165) is 21.1 Å². The van der Waals surface area contributed by atoms with E-state index in [-0.39, 0.29) is 18.6 Å². The van der Waals surface area contributed by atoms with E-state index >= 15 is 0 Å². The van der Waals surface area contributed by atoms with E-state index in [0.29, 0.717) is 38.5 Å². The molecular formula is C23H31BrN2O4. The minimum atomic E-state index is -0.526. The molecule has 2 aromatic rings. The number of nitrogens with zero attached hydrogens (tertiary/aromatic N) is 2. The minimum Gasteiger partial charge on any atom is -0.464 e. The summed E-state index contributed by atoms with van der Waals surface area (Å²) in [5.41, 5.74) is 2.76. The molecule has 0 bridgehead atoms. The molecule has 1 aliphatic rings. The number of rotatable bonds is 4. The van der Waals surface area contributed by atoms with Gasteiger partial charge in [-0.2, -0.15) is 0 Å². The van der Waals surface area contributed by atoms with Gasteiger partial charge in [0.05, 0.1) is 12.1 Å². The Labute approximate surface area is 186 Å². The predicted octanol–water partition coefficient (Wildman–Crippen LogP) is 4.94. The van der Waals surface area contributed by atoms with E-state index in [2.05, 4.69) is 20.5 Å². The van der Waals surface area contributed by atoms with Crippen LogP contribution in [-0.4, -0.2) is 46.8 Å². The number of aromatic nitrogens is 1. The zero-order chi connectivity index (χ0) is 22.1. The minimum absolute atomic E-state index is 0.168. The monoisotopic (exact) mass is 478 g/mol. The van der Waals surface area contributed by atoms with Crippen LogP contribution in [0.25, 0.3) is 10.9 Å². The summed E-state index contributed by atoms with van der Waals surface area (Å²) in [5, 5.41) is 1.11. The third-order valence-corrected chi connectivity index (χ3v) is 5.69. The number of fused-ring (bicyclic) bond motifs is 3. The first-order valence-corrected chi connectivity index (χ1v) is 11.3. The summed E-state index contributed by atoms with van der Waals surface area (Å²) in [6.45, 7) is 11.4. The summed E-state index contributed by atoms with van der Waals surface area (Å²) in [6.07, 6.45) is 1.08. The van der Waals surface area contributed by atoms with Crippen molar-refractivity contribution in [2.75, 3.05) is 19.7 Å². The second-order valence-electron chi connectivity index (χ2n) is 9.19. The number of hydrogen-bond acceptors (Lipinski definition) is 4. The molecule has 1 amide bonds. The van der Waals surface area contributed by atoms with Crippen LogP contribution < -0.4 is 0 Å². The van der Waals surface area contributed by atoms with Crippen molar-refractivity contribution < 1.29 is 19.1 Å². The maximum atomic E-state index is 12.6. The number of ether oxygens (including phenoxy) is 2. The standard InChI is InChI=1S/C23H31BrN2O4/c1-15(2)14-29-20(27)13-26-18-10-12-25(22(28)30-23(3,4)5)11-9-16(18)21-17(24)7-6-8-19(21)26/h6-8,15H,9-14H2,1-5H3. The summed E-state index contributed by atoms with van der Waals surface area (Å²) in [5.74, 6) is 0.0561. The molecule has 2 heterocycles. The molecule has 164 valence electrons. The summed E-state index contributed by atoms with van der Waals surface area (Å²) in [4.78, 5) is 26.9. The van der Waals surface area contributed by atoms with E-state index in [9.17, 15) is 9.59 Å². The molecule has 0 N–H and O–H groups in total. The molecule has 7 heteroatoms. The molecule has 6 nitrogen and oxygen atoms in total. The fourth-order valence-corrected chi connectivity index (χ4v) is 4.36. The highest BCUT2D eigenvalue weighted by Crippen LogP contribution is 2.34. The Morgan fingerprint density at radius 2 is 1.87 bits per heavy atom. The van der Waals surface area contributed by atoms with Gasteiger partial charge in [-0.15, -0.1) is 0 Å². The number of hydrogen-bond donors (Lipinski definition) is 0. The summed E-state index contributed by atoms with van der Waals surface area (Å²) < 4.78 is 14.1. The third-order valence-electron chi connectivity index (χ3n) is 5.03. The van der Waals surface area contributed by atoms with Crippen molar-refractivity contribution in [1.82, 2.24) is 9.47 Å². The number of carbonyl (C=O) groups is 2. The zero-order valence-electron chi connectivity index (χ0n) is 18.5. The van der Waals surface area contributed by atoms with E-state index in [4.69, 9.17) is 9.47 Å². The van der Waals surface area contributed by atoms with Gasteiger partial charge >= 0.3 is 12.1 Å². The highest BCUT2D eigenvalue weighted by molar-refractivity contribution is 9.10. The van der Waals surface area contributed by atoms with Gasteiger partial charge in [-0.25, -0.2) is 4.79 Å². The normalized spacial score (nSPS) is 14.6. The van der Waals surface area contributed by atoms with Crippen LogP contribution in [0.1, 0.15) is 45.9 Å². The maximum Gasteiger partial charge on any atom is 0.410 e. The van der Waals surface area contributed by atoms with Gasteiger partial charge in [0.25, 0.3) is 0 Å². The Bertz CT molecular complexity index is 943. The first kappa shape index (κ1) is 22.7. The number of carbonyl (C=O) groups excluding carboxylic acids is 2. The van der Waals surface area contributed by atoms with Crippen molar-refractivity contribution in [3.05, 3.63) is 33.9 Å². The molecule has 0 saturated carbocycles. The number of amides is 1. The van der Waals surface area contributed by atoms with Crippen molar-refractivity contribution in [3.63, 3.8) is 0 Å². The summed E-state index contributed by atoms with van der Waals surface area (Å²) in [7, 11) is 0. The van der Waals surface area contributed by atoms with Crippen molar-refractivity contribution >= 4 is 38.9 Å². The molecule has 0 atom stereocenters. The Hall–Kier alpha value is -2.02. The molecule has 1 aromatic heterocycles. The molecule has 0 unspecified atom stereocenters. The number of halogens is 1. The van der Waals surface area contributed by atoms with Gasteiger partial charge in [-0.05, 0) is 50.8 Å². The molecule has 3 rings (SSSR count). The Morgan fingerprint density at radius 3 is 2.53 bits per heavy atom. The van der Waals surface area contributed by atoms with E-state index < -0.39 is 5.60 Å². The van der Waals surface area contributed by atoms with Crippen molar-refractivity contribution in [1.29, 1.82) is 0 Å². The Kier molecular flexibility index (Phi) is 6.80. The van der Waals surface area contributed by atoms with Crippen LogP contribution in [0.15, 0.2) is 22.7 Å². The summed E-state index contributed by atoms with van der Waals surface area (Å²) >= 11 is 3.68. The molecule has 1 aliphatic heterocycles. The quantitative estimate of drug-likeness (QED) is 0.583. The van der Waals surface area contributed by atoms with Crippen LogP contribution >= 0.6 is 15.9 Å². The topological polar surface area (TPSA) is 60.8 Å². The fraction of sp³-hybridized carbons (Fsp3) is 0.565. The molecule has 0 aliphatic carbocycles. The summed E-state index contributed by atoms with van der Waals surface area (Å²) in [6, 6.07) is 6.03. The highest BCUT2D eigenvalue weighted by Gasteiger charge is 2.28. The van der Waals surface area contributed by atoms with Crippen LogP contribution in [0.4, 0.5) is 4.79 Å². The van der Waals surface area contributed by atoms with Gasteiger partial charge in [0.1, 0.15) is 12.1 Å². The largest absolute Gasteiger partial charge is 0.464 e. The van der Waals surface area contributed by atoms with Gasteiger partial charge in [0.2, 0.25) is 0 Å². The first-order chi connectivity index (χ1) is 14.1. The smallest absolute Gasteiger partial charge is 0.410 e. The first-order valence-electron chi connectivity index (χ1n) is 10.5. The van der Waals surface area contributed by atoms with E-state index in [1.807, 2.05) is 52.8 Å². The van der Waals surface area contributed by atoms with Gasteiger partial charge < -0.3 is 18.9 Å².